The van der Waals surface area contributed by atoms with Crippen LogP contribution < -0.4 is 9.47 Å². The molecule has 8 nitrogen and oxygen atoms in total. The van der Waals surface area contributed by atoms with Crippen molar-refractivity contribution in [3.8, 4) is 11.5 Å². The molecule has 1 saturated carbocycles. The Hall–Kier alpha value is -3.39. The number of ether oxygens (including phenoxy) is 3. The first-order valence-corrected chi connectivity index (χ1v) is 12.0. The third-order valence-corrected chi connectivity index (χ3v) is 6.73. The van der Waals surface area contributed by atoms with E-state index in [0.29, 0.717) is 31.1 Å². The number of carbonyl (C=O) groups excluding carboxylic acids is 2. The zero-order chi connectivity index (χ0) is 24.8. The molecule has 186 valence electrons. The molecule has 1 atom stereocenters. The maximum Gasteiger partial charge on any atom is 0.262 e. The lowest BCUT2D eigenvalue weighted by Crippen LogP contribution is -2.46. The quantitative estimate of drug-likeness (QED) is 0.520. The third kappa shape index (κ3) is 5.48. The number of nitrogens with zero attached hydrogens (tertiary/aromatic N) is 3. The van der Waals surface area contributed by atoms with Crippen molar-refractivity contribution in [3.05, 3.63) is 59.7 Å². The van der Waals surface area contributed by atoms with Gasteiger partial charge in [-0.3, -0.25) is 9.59 Å². The van der Waals surface area contributed by atoms with Crippen LogP contribution in [0.1, 0.15) is 42.9 Å². The Morgan fingerprint density at radius 2 is 1.83 bits per heavy atom. The monoisotopic (exact) mass is 479 g/mol. The van der Waals surface area contributed by atoms with E-state index in [1.165, 1.54) is 5.01 Å². The largest absolute Gasteiger partial charge is 0.497 e. The molecule has 0 spiro atoms. The van der Waals surface area contributed by atoms with E-state index in [1.807, 2.05) is 48.5 Å². The minimum atomic E-state index is -0.270. The molecule has 2 aromatic rings. The van der Waals surface area contributed by atoms with E-state index >= 15 is 0 Å². The lowest BCUT2D eigenvalue weighted by Gasteiger charge is -2.32. The number of amides is 2. The van der Waals surface area contributed by atoms with Gasteiger partial charge in [-0.1, -0.05) is 36.8 Å². The van der Waals surface area contributed by atoms with Crippen LogP contribution in [0.2, 0.25) is 0 Å². The molecular formula is C27H33N3O5. The molecule has 0 aromatic heterocycles. The van der Waals surface area contributed by atoms with Crippen molar-refractivity contribution in [1.82, 2.24) is 9.91 Å². The Labute approximate surface area is 206 Å². The first-order chi connectivity index (χ1) is 17.0. The number of methoxy groups -OCH3 is 3. The van der Waals surface area contributed by atoms with Crippen molar-refractivity contribution in [2.75, 3.05) is 41.0 Å². The molecule has 35 heavy (non-hydrogen) atoms. The first-order valence-electron chi connectivity index (χ1n) is 12.0. The van der Waals surface area contributed by atoms with Crippen LogP contribution in [-0.4, -0.2) is 68.5 Å². The number of rotatable bonds is 10. The molecule has 2 aliphatic rings. The summed E-state index contributed by atoms with van der Waals surface area (Å²) in [7, 11) is 4.80. The molecule has 0 unspecified atom stereocenters. The Morgan fingerprint density at radius 1 is 1.06 bits per heavy atom. The number of carbonyl (C=O) groups is 2. The molecule has 8 heteroatoms. The average Bonchev–Trinajstić information content (AvgIpc) is 3.31. The van der Waals surface area contributed by atoms with Crippen LogP contribution in [0.25, 0.3) is 0 Å². The third-order valence-electron chi connectivity index (χ3n) is 6.73. The number of hydrazone groups is 1. The van der Waals surface area contributed by atoms with Crippen molar-refractivity contribution >= 4 is 17.5 Å². The van der Waals surface area contributed by atoms with Crippen LogP contribution in [0.5, 0.6) is 11.5 Å². The van der Waals surface area contributed by atoms with Crippen LogP contribution >= 0.6 is 0 Å². The first kappa shape index (κ1) is 24.7. The van der Waals surface area contributed by atoms with Crippen LogP contribution in [-0.2, 0) is 14.3 Å². The zero-order valence-corrected chi connectivity index (χ0v) is 20.6. The number of hydrogen-bond acceptors (Lipinski definition) is 6. The van der Waals surface area contributed by atoms with E-state index < -0.39 is 0 Å². The fraction of sp³-hybridized carbons (Fsp3) is 0.444. The zero-order valence-electron chi connectivity index (χ0n) is 20.6. The van der Waals surface area contributed by atoms with E-state index in [0.717, 1.165) is 36.1 Å². The molecule has 4 rings (SSSR count). The topological polar surface area (TPSA) is 80.7 Å². The number of hydrogen-bond donors (Lipinski definition) is 0. The summed E-state index contributed by atoms with van der Waals surface area (Å²) in [5.41, 5.74) is 2.55. The van der Waals surface area contributed by atoms with Gasteiger partial charge in [-0.2, -0.15) is 5.10 Å². The van der Waals surface area contributed by atoms with Gasteiger partial charge in [-0.15, -0.1) is 0 Å². The van der Waals surface area contributed by atoms with E-state index in [4.69, 9.17) is 19.3 Å². The van der Waals surface area contributed by atoms with E-state index in [-0.39, 0.29) is 30.3 Å². The van der Waals surface area contributed by atoms with Crippen LogP contribution in [0.3, 0.4) is 0 Å². The van der Waals surface area contributed by atoms with Crippen molar-refractivity contribution in [2.24, 2.45) is 11.0 Å². The molecule has 1 heterocycles. The fourth-order valence-electron chi connectivity index (χ4n) is 4.49. The minimum Gasteiger partial charge on any atom is -0.497 e. The second kappa shape index (κ2) is 11.4. The smallest absolute Gasteiger partial charge is 0.262 e. The summed E-state index contributed by atoms with van der Waals surface area (Å²) < 4.78 is 16.1. The highest BCUT2D eigenvalue weighted by molar-refractivity contribution is 6.05. The van der Waals surface area contributed by atoms with Crippen molar-refractivity contribution in [3.63, 3.8) is 0 Å². The Bertz CT molecular complexity index is 1070. The second-order valence-corrected chi connectivity index (χ2v) is 8.86. The standard InChI is InChI=1S/C27H33N3O5/c1-33-15-14-29(27(32)20-10-7-11-20)18-26(31)30-24(19-8-5-4-6-9-19)17-23(28-30)22-13-12-21(34-2)16-25(22)35-3/h4-6,8-9,12-13,16,20,24H,7,10-11,14-15,17-18H2,1-3H3/t24-/m0/s1. The van der Waals surface area contributed by atoms with Crippen molar-refractivity contribution in [2.45, 2.75) is 31.7 Å². The molecule has 0 radical (unpaired) electrons. The van der Waals surface area contributed by atoms with Gasteiger partial charge in [-0.25, -0.2) is 5.01 Å². The minimum absolute atomic E-state index is 0.00535. The highest BCUT2D eigenvalue weighted by Gasteiger charge is 2.36. The predicted molar refractivity (Wildman–Crippen MR) is 133 cm³/mol. The Morgan fingerprint density at radius 3 is 2.46 bits per heavy atom. The highest BCUT2D eigenvalue weighted by atomic mass is 16.5. The summed E-state index contributed by atoms with van der Waals surface area (Å²) in [5.74, 6) is 1.13. The van der Waals surface area contributed by atoms with Gasteiger partial charge in [0, 0.05) is 37.6 Å². The highest BCUT2D eigenvalue weighted by Crippen LogP contribution is 2.36. The summed E-state index contributed by atoms with van der Waals surface area (Å²) in [6.45, 7) is 0.730. The summed E-state index contributed by atoms with van der Waals surface area (Å²) in [6, 6.07) is 15.1. The molecule has 0 N–H and O–H groups in total. The van der Waals surface area contributed by atoms with Gasteiger partial charge < -0.3 is 19.1 Å². The SMILES string of the molecule is COCCN(CC(=O)N1N=C(c2ccc(OC)cc2OC)C[C@H]1c1ccccc1)C(=O)C1CCC1. The molecule has 1 aliphatic heterocycles. The summed E-state index contributed by atoms with van der Waals surface area (Å²) >= 11 is 0. The molecule has 2 aromatic carbocycles. The molecule has 0 saturated heterocycles. The van der Waals surface area contributed by atoms with E-state index in [9.17, 15) is 9.59 Å². The van der Waals surface area contributed by atoms with Gasteiger partial charge in [0.25, 0.3) is 5.91 Å². The van der Waals surface area contributed by atoms with Crippen molar-refractivity contribution < 1.29 is 23.8 Å². The molecule has 2 amide bonds. The molecule has 1 fully saturated rings. The van der Waals surface area contributed by atoms with Crippen LogP contribution in [0, 0.1) is 5.92 Å². The normalized spacial score (nSPS) is 17.5. The maximum atomic E-state index is 13.6. The lowest BCUT2D eigenvalue weighted by molar-refractivity contribution is -0.146. The second-order valence-electron chi connectivity index (χ2n) is 8.86. The van der Waals surface area contributed by atoms with Crippen molar-refractivity contribution in [1.29, 1.82) is 0 Å². The van der Waals surface area contributed by atoms with Gasteiger partial charge in [0.2, 0.25) is 5.91 Å². The summed E-state index contributed by atoms with van der Waals surface area (Å²) in [6.07, 6.45) is 3.36. The van der Waals surface area contributed by atoms with Gasteiger partial charge >= 0.3 is 0 Å². The van der Waals surface area contributed by atoms with E-state index in [2.05, 4.69) is 0 Å². The van der Waals surface area contributed by atoms with Crippen LogP contribution in [0.4, 0.5) is 0 Å². The lowest BCUT2D eigenvalue weighted by atomic mass is 9.84. The Balaban J connectivity index is 1.62. The summed E-state index contributed by atoms with van der Waals surface area (Å²) in [4.78, 5) is 28.2. The fourth-order valence-corrected chi connectivity index (χ4v) is 4.49. The summed E-state index contributed by atoms with van der Waals surface area (Å²) in [5, 5.41) is 6.29. The number of benzene rings is 2. The average molecular weight is 480 g/mol. The Kier molecular flexibility index (Phi) is 8.02. The van der Waals surface area contributed by atoms with Gasteiger partial charge in [-0.05, 0) is 30.5 Å². The molecule has 0 bridgehead atoms. The van der Waals surface area contributed by atoms with Gasteiger partial charge in [0.15, 0.2) is 0 Å². The molecule has 1 aliphatic carbocycles. The van der Waals surface area contributed by atoms with Gasteiger partial charge in [0.05, 0.1) is 32.6 Å². The maximum absolute atomic E-state index is 13.6. The van der Waals surface area contributed by atoms with E-state index in [1.54, 1.807) is 26.2 Å². The van der Waals surface area contributed by atoms with Gasteiger partial charge in [0.1, 0.15) is 18.0 Å². The van der Waals surface area contributed by atoms with Crippen LogP contribution in [0.15, 0.2) is 53.6 Å². The predicted octanol–water partition coefficient (Wildman–Crippen LogP) is 3.66. The molecular weight excluding hydrogens is 446 g/mol.